The van der Waals surface area contributed by atoms with Gasteiger partial charge in [-0.3, -0.25) is 9.36 Å². The monoisotopic (exact) mass is 471 g/mol. The lowest BCUT2D eigenvalue weighted by Crippen LogP contribution is -2.45. The fourth-order valence-electron chi connectivity index (χ4n) is 4.36. The molecule has 1 fully saturated rings. The van der Waals surface area contributed by atoms with Gasteiger partial charge in [0.25, 0.3) is 5.91 Å². The molecule has 4 atom stereocenters. The van der Waals surface area contributed by atoms with E-state index in [4.69, 9.17) is 9.16 Å². The molecule has 176 valence electrons. The summed E-state index contributed by atoms with van der Waals surface area (Å²) < 4.78 is 29.7. The molecule has 8 nitrogen and oxygen atoms in total. The van der Waals surface area contributed by atoms with Gasteiger partial charge in [-0.2, -0.15) is 0 Å². The molecule has 0 aliphatic carbocycles. The van der Waals surface area contributed by atoms with Crippen molar-refractivity contribution in [3.63, 3.8) is 0 Å². The van der Waals surface area contributed by atoms with E-state index in [0.29, 0.717) is 16.7 Å². The third-order valence-electron chi connectivity index (χ3n) is 6.62. The van der Waals surface area contributed by atoms with E-state index >= 15 is 4.39 Å². The number of ether oxygens (including phenoxy) is 1. The molecule has 4 rings (SSSR count). The maximum Gasteiger partial charge on any atom is 0.256 e. The molecule has 1 aromatic carbocycles. The first-order valence-electron chi connectivity index (χ1n) is 11.4. The molecule has 0 radical (unpaired) electrons. The van der Waals surface area contributed by atoms with Crippen LogP contribution in [0.2, 0.25) is 18.1 Å². The Labute approximate surface area is 193 Å². The Morgan fingerprint density at radius 1 is 1.15 bits per heavy atom. The van der Waals surface area contributed by atoms with Crippen molar-refractivity contribution in [3.05, 3.63) is 48.5 Å². The van der Waals surface area contributed by atoms with Crippen LogP contribution in [0.4, 0.5) is 10.2 Å². The molecule has 10 heteroatoms. The lowest BCUT2D eigenvalue weighted by molar-refractivity contribution is -0.0130. The third-order valence-corrected chi connectivity index (χ3v) is 11.3. The summed E-state index contributed by atoms with van der Waals surface area (Å²) in [5.74, 6) is -0.0519. The largest absolute Gasteiger partial charge is 0.408 e. The first kappa shape index (κ1) is 23.5. The highest BCUT2D eigenvalue weighted by Gasteiger charge is 2.48. The Morgan fingerprint density at radius 2 is 1.85 bits per heavy atom. The van der Waals surface area contributed by atoms with Crippen LogP contribution in [0.15, 0.2) is 43.0 Å². The SMILES string of the molecule is CC[Si](CC)(CC)O[C@H]1[C@@H](F)[C@H](n2cnc3c(NC(=O)c4ccccc4)ncnc32)O[C@@H]1C. The highest BCUT2D eigenvalue weighted by molar-refractivity contribution is 6.73. The van der Waals surface area contributed by atoms with Crippen LogP contribution in [0.5, 0.6) is 0 Å². The summed E-state index contributed by atoms with van der Waals surface area (Å²) in [6, 6.07) is 11.6. The van der Waals surface area contributed by atoms with Gasteiger partial charge in [0.15, 0.2) is 37.7 Å². The number of hydrogen-bond acceptors (Lipinski definition) is 6. The Kier molecular flexibility index (Phi) is 6.87. The predicted molar refractivity (Wildman–Crippen MR) is 126 cm³/mol. The van der Waals surface area contributed by atoms with E-state index < -0.39 is 32.9 Å². The fourth-order valence-corrected chi connectivity index (χ4v) is 7.26. The van der Waals surface area contributed by atoms with E-state index in [2.05, 4.69) is 41.0 Å². The second-order valence-corrected chi connectivity index (χ2v) is 13.1. The van der Waals surface area contributed by atoms with Gasteiger partial charge >= 0.3 is 0 Å². The van der Waals surface area contributed by atoms with Gasteiger partial charge in [0, 0.05) is 5.56 Å². The van der Waals surface area contributed by atoms with Crippen LogP contribution in [-0.4, -0.2) is 52.1 Å². The minimum absolute atomic E-state index is 0.260. The molecule has 3 heterocycles. The van der Waals surface area contributed by atoms with Gasteiger partial charge in [-0.05, 0) is 37.2 Å². The van der Waals surface area contributed by atoms with Crippen molar-refractivity contribution < 1.29 is 18.3 Å². The second-order valence-electron chi connectivity index (χ2n) is 8.37. The molecule has 2 aromatic heterocycles. The van der Waals surface area contributed by atoms with Crippen LogP contribution in [0.25, 0.3) is 11.2 Å². The van der Waals surface area contributed by atoms with E-state index in [1.165, 1.54) is 12.7 Å². The van der Waals surface area contributed by atoms with Crippen molar-refractivity contribution in [2.75, 3.05) is 5.32 Å². The number of imidazole rings is 1. The van der Waals surface area contributed by atoms with Gasteiger partial charge in [0.2, 0.25) is 0 Å². The summed E-state index contributed by atoms with van der Waals surface area (Å²) >= 11 is 0. The molecule has 1 aliphatic heterocycles. The number of nitrogens with zero attached hydrogens (tertiary/aromatic N) is 4. The minimum atomic E-state index is -2.01. The molecule has 1 saturated heterocycles. The molecule has 3 aromatic rings. The number of carbonyl (C=O) groups excluding carboxylic acids is 1. The summed E-state index contributed by atoms with van der Waals surface area (Å²) in [5, 5.41) is 2.77. The van der Waals surface area contributed by atoms with Crippen molar-refractivity contribution in [1.29, 1.82) is 0 Å². The normalized spacial score (nSPS) is 23.2. The molecular formula is C23H30FN5O3Si. The van der Waals surface area contributed by atoms with Gasteiger partial charge < -0.3 is 14.5 Å². The summed E-state index contributed by atoms with van der Waals surface area (Å²) in [7, 11) is -2.01. The highest BCUT2D eigenvalue weighted by atomic mass is 28.4. The van der Waals surface area contributed by atoms with Crippen molar-refractivity contribution in [3.8, 4) is 0 Å². The molecular weight excluding hydrogens is 441 g/mol. The quantitative estimate of drug-likeness (QED) is 0.478. The number of hydrogen-bond donors (Lipinski definition) is 1. The Hall–Kier alpha value is -2.69. The van der Waals surface area contributed by atoms with Crippen LogP contribution >= 0.6 is 0 Å². The number of fused-ring (bicyclic) bond motifs is 1. The fraction of sp³-hybridized carbons (Fsp3) is 0.478. The number of amides is 1. The van der Waals surface area contributed by atoms with Crippen molar-refractivity contribution in [2.24, 2.45) is 0 Å². The average molecular weight is 472 g/mol. The Morgan fingerprint density at radius 3 is 2.52 bits per heavy atom. The van der Waals surface area contributed by atoms with Gasteiger partial charge in [0.1, 0.15) is 12.4 Å². The van der Waals surface area contributed by atoms with Crippen LogP contribution < -0.4 is 5.32 Å². The zero-order chi connectivity index (χ0) is 23.6. The number of benzene rings is 1. The topological polar surface area (TPSA) is 91.2 Å². The zero-order valence-corrected chi connectivity index (χ0v) is 20.4. The number of aromatic nitrogens is 4. The first-order valence-corrected chi connectivity index (χ1v) is 14.0. The number of halogens is 1. The molecule has 33 heavy (non-hydrogen) atoms. The van der Waals surface area contributed by atoms with Crippen molar-refractivity contribution in [2.45, 2.75) is 70.4 Å². The molecule has 1 aliphatic rings. The van der Waals surface area contributed by atoms with E-state index in [1.807, 2.05) is 13.0 Å². The second kappa shape index (κ2) is 9.66. The van der Waals surface area contributed by atoms with Gasteiger partial charge in [-0.25, -0.2) is 19.3 Å². The van der Waals surface area contributed by atoms with Gasteiger partial charge in [-0.1, -0.05) is 39.0 Å². The van der Waals surface area contributed by atoms with Crippen LogP contribution in [0.3, 0.4) is 0 Å². The lowest BCUT2D eigenvalue weighted by Gasteiger charge is -2.33. The molecule has 0 spiro atoms. The van der Waals surface area contributed by atoms with Crippen LogP contribution in [0, 0.1) is 0 Å². The molecule has 1 N–H and O–H groups in total. The first-order chi connectivity index (χ1) is 15.9. The van der Waals surface area contributed by atoms with Gasteiger partial charge in [-0.15, -0.1) is 0 Å². The number of nitrogens with one attached hydrogen (secondary N) is 1. The zero-order valence-electron chi connectivity index (χ0n) is 19.4. The summed E-state index contributed by atoms with van der Waals surface area (Å²) in [5.41, 5.74) is 1.25. The van der Waals surface area contributed by atoms with Crippen molar-refractivity contribution in [1.82, 2.24) is 19.5 Å². The standard InChI is InChI=1S/C23H30FN5O3Si/c1-5-33(6-2,7-3)32-19-15(4)31-23(17(19)24)29-14-27-18-20(25-13-26-21(18)29)28-22(30)16-11-9-8-10-12-16/h8-15,17,19,23H,5-7H2,1-4H3,(H,25,26,28,30)/t15-,17-,19-,23-/m1/s1. The summed E-state index contributed by atoms with van der Waals surface area (Å²) in [4.78, 5) is 25.4. The van der Waals surface area contributed by atoms with E-state index in [9.17, 15) is 4.79 Å². The smallest absolute Gasteiger partial charge is 0.256 e. The molecule has 0 bridgehead atoms. The molecule has 1 amide bonds. The van der Waals surface area contributed by atoms with Gasteiger partial charge in [0.05, 0.1) is 12.4 Å². The van der Waals surface area contributed by atoms with Crippen LogP contribution in [-0.2, 0) is 9.16 Å². The maximum absolute atomic E-state index is 15.7. The number of anilines is 1. The lowest BCUT2D eigenvalue weighted by atomic mass is 10.2. The maximum atomic E-state index is 15.7. The average Bonchev–Trinajstić information content (AvgIpc) is 3.39. The van der Waals surface area contributed by atoms with E-state index in [0.717, 1.165) is 18.1 Å². The summed E-state index contributed by atoms with van der Waals surface area (Å²) in [6.45, 7) is 8.21. The summed E-state index contributed by atoms with van der Waals surface area (Å²) in [6.07, 6.45) is -0.528. The van der Waals surface area contributed by atoms with Crippen LogP contribution in [0.1, 0.15) is 44.3 Å². The van der Waals surface area contributed by atoms with E-state index in [1.54, 1.807) is 28.8 Å². The number of alkyl halides is 1. The Bertz CT molecular complexity index is 1100. The minimum Gasteiger partial charge on any atom is -0.408 e. The van der Waals surface area contributed by atoms with Crippen molar-refractivity contribution >= 4 is 31.2 Å². The predicted octanol–water partition coefficient (Wildman–Crippen LogP) is 4.72. The number of rotatable bonds is 8. The highest BCUT2D eigenvalue weighted by Crippen LogP contribution is 2.38. The Balaban J connectivity index is 1.59. The third kappa shape index (κ3) is 4.42. The van der Waals surface area contributed by atoms with E-state index in [-0.39, 0.29) is 11.7 Å². The molecule has 0 unspecified atom stereocenters. The molecule has 0 saturated carbocycles. The number of carbonyl (C=O) groups is 1.